The molecule has 0 atom stereocenters. The second kappa shape index (κ2) is 5.74. The van der Waals surface area contributed by atoms with Gasteiger partial charge in [-0.25, -0.2) is 4.98 Å². The molecule has 96 valence electrons. The lowest BCUT2D eigenvalue weighted by Gasteiger charge is -2.06. The van der Waals surface area contributed by atoms with Crippen LogP contribution >= 0.6 is 11.6 Å². The van der Waals surface area contributed by atoms with E-state index < -0.39 is 17.7 Å². The number of ether oxygens (including phenoxy) is 1. The van der Waals surface area contributed by atoms with Gasteiger partial charge in [0.1, 0.15) is 12.1 Å². The van der Waals surface area contributed by atoms with E-state index in [4.69, 9.17) is 11.6 Å². The van der Waals surface area contributed by atoms with Gasteiger partial charge in [-0.05, 0) is 12.0 Å². The van der Waals surface area contributed by atoms with Crippen LogP contribution in [0.5, 0.6) is 0 Å². The molecule has 0 unspecified atom stereocenters. The summed E-state index contributed by atoms with van der Waals surface area (Å²) in [5.74, 6) is 4.24. The zero-order valence-electron chi connectivity index (χ0n) is 9.14. The number of aromatic nitrogens is 1. The van der Waals surface area contributed by atoms with Gasteiger partial charge >= 0.3 is 12.1 Å². The van der Waals surface area contributed by atoms with Crippen LogP contribution < -0.4 is 0 Å². The molecule has 7 heteroatoms. The number of rotatable bonds is 1. The van der Waals surface area contributed by atoms with Crippen molar-refractivity contribution >= 4 is 17.6 Å². The molecule has 0 bridgehead atoms. The topological polar surface area (TPSA) is 39.2 Å². The molecule has 1 heterocycles. The summed E-state index contributed by atoms with van der Waals surface area (Å²) in [7, 11) is 1.20. The predicted octanol–water partition coefficient (Wildman–Crippen LogP) is 2.67. The highest BCUT2D eigenvalue weighted by molar-refractivity contribution is 6.31. The first-order valence-electron chi connectivity index (χ1n) is 4.63. The fourth-order valence-electron chi connectivity index (χ4n) is 0.957. The molecular formula is C11H7ClF3NO2. The summed E-state index contributed by atoms with van der Waals surface area (Å²) in [6, 6.07) is 0.733. The Bertz CT molecular complexity index is 517. The van der Waals surface area contributed by atoms with Gasteiger partial charge in [0.25, 0.3) is 0 Å². The highest BCUT2D eigenvalue weighted by Crippen LogP contribution is 2.30. The average Bonchev–Trinajstić information content (AvgIpc) is 2.29. The molecule has 0 aliphatic heterocycles. The molecule has 0 aromatic carbocycles. The van der Waals surface area contributed by atoms with Crippen LogP contribution in [0.2, 0.25) is 5.02 Å². The minimum absolute atomic E-state index is 0.0198. The van der Waals surface area contributed by atoms with Crippen molar-refractivity contribution in [3.8, 4) is 11.8 Å². The van der Waals surface area contributed by atoms with Crippen LogP contribution in [-0.4, -0.2) is 18.1 Å². The molecule has 0 aliphatic carbocycles. The Hall–Kier alpha value is -1.74. The summed E-state index contributed by atoms with van der Waals surface area (Å²) in [4.78, 5) is 14.2. The summed E-state index contributed by atoms with van der Waals surface area (Å²) in [5, 5.41) is -0.220. The highest BCUT2D eigenvalue weighted by atomic mass is 35.5. The lowest BCUT2D eigenvalue weighted by atomic mass is 10.2. The molecule has 1 aromatic heterocycles. The Morgan fingerprint density at radius 1 is 1.56 bits per heavy atom. The first kappa shape index (κ1) is 14.3. The van der Waals surface area contributed by atoms with Gasteiger partial charge in [-0.3, -0.25) is 4.79 Å². The van der Waals surface area contributed by atoms with Gasteiger partial charge in [-0.1, -0.05) is 17.5 Å². The SMILES string of the molecule is COC(=O)CC#Cc1ncc(C(F)(F)F)cc1Cl. The lowest BCUT2D eigenvalue weighted by molar-refractivity contribution is -0.139. The van der Waals surface area contributed by atoms with E-state index in [1.807, 2.05) is 0 Å². The van der Waals surface area contributed by atoms with Gasteiger partial charge in [-0.2, -0.15) is 13.2 Å². The Kier molecular flexibility index (Phi) is 4.56. The van der Waals surface area contributed by atoms with E-state index in [0.29, 0.717) is 6.20 Å². The van der Waals surface area contributed by atoms with Crippen LogP contribution in [0.1, 0.15) is 17.7 Å². The molecule has 1 aromatic rings. The fraction of sp³-hybridized carbons (Fsp3) is 0.273. The standard InChI is InChI=1S/C11H7ClF3NO2/c1-18-10(17)4-2-3-9-8(12)5-7(6-16-9)11(13,14)15/h5-6H,4H2,1H3. The average molecular weight is 278 g/mol. The van der Waals surface area contributed by atoms with Crippen LogP contribution in [0.4, 0.5) is 13.2 Å². The summed E-state index contributed by atoms with van der Waals surface area (Å²) in [6.07, 6.45) is -4.06. The number of hydrogen-bond acceptors (Lipinski definition) is 3. The van der Waals surface area contributed by atoms with Crippen molar-refractivity contribution in [2.24, 2.45) is 0 Å². The number of esters is 1. The van der Waals surface area contributed by atoms with E-state index in [2.05, 4.69) is 21.6 Å². The maximum Gasteiger partial charge on any atom is 0.417 e. The minimum Gasteiger partial charge on any atom is -0.468 e. The summed E-state index contributed by atoms with van der Waals surface area (Å²) < 4.78 is 41.3. The van der Waals surface area contributed by atoms with Crippen molar-refractivity contribution in [1.29, 1.82) is 0 Å². The normalized spacial score (nSPS) is 10.5. The Labute approximate surface area is 106 Å². The van der Waals surface area contributed by atoms with E-state index in [9.17, 15) is 18.0 Å². The number of methoxy groups -OCH3 is 1. The number of carbonyl (C=O) groups is 1. The molecule has 0 N–H and O–H groups in total. The smallest absolute Gasteiger partial charge is 0.417 e. The zero-order valence-corrected chi connectivity index (χ0v) is 9.89. The Balaban J connectivity index is 2.90. The van der Waals surface area contributed by atoms with E-state index in [1.165, 1.54) is 7.11 Å². The Morgan fingerprint density at radius 3 is 2.72 bits per heavy atom. The molecule has 0 amide bonds. The predicted molar refractivity (Wildman–Crippen MR) is 57.8 cm³/mol. The molecule has 3 nitrogen and oxygen atoms in total. The van der Waals surface area contributed by atoms with Crippen LogP contribution in [0.15, 0.2) is 12.3 Å². The number of alkyl halides is 3. The third-order valence-corrected chi connectivity index (χ3v) is 2.12. The van der Waals surface area contributed by atoms with Crippen molar-refractivity contribution in [3.05, 3.63) is 28.5 Å². The third-order valence-electron chi connectivity index (χ3n) is 1.84. The molecule has 0 spiro atoms. The third kappa shape index (κ3) is 3.93. The maximum atomic E-state index is 12.3. The maximum absolute atomic E-state index is 12.3. The fourth-order valence-corrected chi connectivity index (χ4v) is 1.17. The second-order valence-electron chi connectivity index (χ2n) is 3.11. The van der Waals surface area contributed by atoms with Crippen molar-refractivity contribution in [2.45, 2.75) is 12.6 Å². The van der Waals surface area contributed by atoms with Crippen molar-refractivity contribution in [3.63, 3.8) is 0 Å². The van der Waals surface area contributed by atoms with E-state index in [1.54, 1.807) is 0 Å². The molecule has 0 aliphatic rings. The molecule has 0 saturated heterocycles. The van der Waals surface area contributed by atoms with E-state index >= 15 is 0 Å². The lowest BCUT2D eigenvalue weighted by Crippen LogP contribution is -2.06. The summed E-state index contributed by atoms with van der Waals surface area (Å²) >= 11 is 5.60. The van der Waals surface area contributed by atoms with Gasteiger partial charge in [0.15, 0.2) is 0 Å². The Morgan fingerprint density at radius 2 is 2.22 bits per heavy atom. The zero-order chi connectivity index (χ0) is 13.8. The van der Waals surface area contributed by atoms with Gasteiger partial charge < -0.3 is 4.74 Å². The van der Waals surface area contributed by atoms with Gasteiger partial charge in [0.2, 0.25) is 0 Å². The quantitative estimate of drug-likeness (QED) is 0.585. The molecule has 0 radical (unpaired) electrons. The second-order valence-corrected chi connectivity index (χ2v) is 3.51. The molecule has 0 saturated carbocycles. The van der Waals surface area contributed by atoms with Gasteiger partial charge in [-0.15, -0.1) is 0 Å². The van der Waals surface area contributed by atoms with Crippen LogP contribution in [0.3, 0.4) is 0 Å². The van der Waals surface area contributed by atoms with Gasteiger partial charge in [0.05, 0.1) is 17.7 Å². The molecule has 18 heavy (non-hydrogen) atoms. The first-order chi connectivity index (χ1) is 8.34. The molecule has 0 fully saturated rings. The minimum atomic E-state index is -4.51. The van der Waals surface area contributed by atoms with E-state index in [0.717, 1.165) is 6.07 Å². The highest BCUT2D eigenvalue weighted by Gasteiger charge is 2.31. The first-order valence-corrected chi connectivity index (χ1v) is 5.01. The van der Waals surface area contributed by atoms with Crippen molar-refractivity contribution in [1.82, 2.24) is 4.98 Å². The molecule has 1 rings (SSSR count). The monoisotopic (exact) mass is 277 g/mol. The summed E-state index contributed by atoms with van der Waals surface area (Å²) in [5.41, 5.74) is -0.973. The number of hydrogen-bond donors (Lipinski definition) is 0. The molecular weight excluding hydrogens is 271 g/mol. The van der Waals surface area contributed by atoms with Crippen molar-refractivity contribution < 1.29 is 22.7 Å². The largest absolute Gasteiger partial charge is 0.468 e. The van der Waals surface area contributed by atoms with E-state index in [-0.39, 0.29) is 17.1 Å². The van der Waals surface area contributed by atoms with Gasteiger partial charge in [0, 0.05) is 6.20 Å². The number of halogens is 4. The number of pyridine rings is 1. The summed E-state index contributed by atoms with van der Waals surface area (Å²) in [6.45, 7) is 0. The van der Waals surface area contributed by atoms with Crippen molar-refractivity contribution in [2.75, 3.05) is 7.11 Å². The van der Waals surface area contributed by atoms with Crippen LogP contribution in [-0.2, 0) is 15.7 Å². The van der Waals surface area contributed by atoms with Crippen LogP contribution in [0, 0.1) is 11.8 Å². The number of nitrogens with zero attached hydrogens (tertiary/aromatic N) is 1. The van der Waals surface area contributed by atoms with Crippen LogP contribution in [0.25, 0.3) is 0 Å². The number of carbonyl (C=O) groups excluding carboxylic acids is 1.